The van der Waals surface area contributed by atoms with Crippen LogP contribution in [-0.2, 0) is 0 Å². The molecule has 5 N–H and O–H groups in total. The lowest BCUT2D eigenvalue weighted by Crippen LogP contribution is -2.01. The van der Waals surface area contributed by atoms with Crippen molar-refractivity contribution in [2.45, 2.75) is 0 Å². The molecule has 0 fully saturated rings. The minimum atomic E-state index is 0.268. The van der Waals surface area contributed by atoms with E-state index < -0.39 is 0 Å². The summed E-state index contributed by atoms with van der Waals surface area (Å²) in [6, 6.07) is 6.98. The number of anilines is 4. The fourth-order valence-electron chi connectivity index (χ4n) is 1.63. The van der Waals surface area contributed by atoms with Crippen LogP contribution < -0.4 is 16.8 Å². The summed E-state index contributed by atoms with van der Waals surface area (Å²) in [7, 11) is 0. The van der Waals surface area contributed by atoms with Gasteiger partial charge in [-0.1, -0.05) is 11.6 Å². The van der Waals surface area contributed by atoms with Crippen LogP contribution in [-0.4, -0.2) is 13.7 Å². The SMILES string of the molecule is Nc1ccc(Nc2c(Cl)ccc3nsnc23)nc1N. The van der Waals surface area contributed by atoms with Crippen LogP contribution in [0.1, 0.15) is 0 Å². The van der Waals surface area contributed by atoms with E-state index in [1.165, 1.54) is 0 Å². The molecule has 3 rings (SSSR count). The summed E-state index contributed by atoms with van der Waals surface area (Å²) in [4.78, 5) is 4.14. The van der Waals surface area contributed by atoms with E-state index in [4.69, 9.17) is 23.1 Å². The van der Waals surface area contributed by atoms with Crippen LogP contribution in [0.15, 0.2) is 24.3 Å². The average molecular weight is 293 g/mol. The third kappa shape index (κ3) is 2.13. The van der Waals surface area contributed by atoms with E-state index in [1.807, 2.05) is 6.07 Å². The summed E-state index contributed by atoms with van der Waals surface area (Å²) in [5.74, 6) is 0.818. The summed E-state index contributed by atoms with van der Waals surface area (Å²) in [6.45, 7) is 0. The second-order valence-corrected chi connectivity index (χ2v) is 4.79. The standard InChI is InChI=1S/C11H9ClN6S/c12-5-1-3-7-10(18-19-17-7)9(5)15-8-4-2-6(13)11(14)16-8/h1-4H,13H2,(H3,14,15,16). The lowest BCUT2D eigenvalue weighted by Gasteiger charge is -2.09. The van der Waals surface area contributed by atoms with Gasteiger partial charge >= 0.3 is 0 Å². The van der Waals surface area contributed by atoms with Crippen LogP contribution in [0.2, 0.25) is 5.02 Å². The number of nitrogens with two attached hydrogens (primary N) is 2. The Labute approximate surface area is 117 Å². The first-order chi connectivity index (χ1) is 9.15. The van der Waals surface area contributed by atoms with Gasteiger partial charge < -0.3 is 16.8 Å². The number of rotatable bonds is 2. The molecule has 0 saturated carbocycles. The molecule has 0 aliphatic carbocycles. The van der Waals surface area contributed by atoms with Gasteiger partial charge in [0.1, 0.15) is 22.7 Å². The molecular formula is C11H9ClN6S. The van der Waals surface area contributed by atoms with E-state index in [2.05, 4.69) is 19.0 Å². The van der Waals surface area contributed by atoms with E-state index in [-0.39, 0.29) is 5.82 Å². The Morgan fingerprint density at radius 1 is 1.11 bits per heavy atom. The molecule has 0 aliphatic heterocycles. The van der Waals surface area contributed by atoms with Gasteiger partial charge in [-0.2, -0.15) is 8.75 Å². The zero-order chi connectivity index (χ0) is 13.4. The van der Waals surface area contributed by atoms with Crippen molar-refractivity contribution >= 4 is 57.4 Å². The Morgan fingerprint density at radius 3 is 2.74 bits per heavy atom. The van der Waals surface area contributed by atoms with Gasteiger partial charge in [-0.25, -0.2) is 4.98 Å². The van der Waals surface area contributed by atoms with Crippen molar-refractivity contribution in [2.24, 2.45) is 0 Å². The summed E-state index contributed by atoms with van der Waals surface area (Å²) in [5.41, 5.74) is 13.9. The average Bonchev–Trinajstić information content (AvgIpc) is 2.86. The third-order valence-electron chi connectivity index (χ3n) is 2.59. The van der Waals surface area contributed by atoms with Gasteiger partial charge in [0.2, 0.25) is 0 Å². The van der Waals surface area contributed by atoms with Crippen LogP contribution in [0.3, 0.4) is 0 Å². The quantitative estimate of drug-likeness (QED) is 0.671. The molecule has 2 aromatic heterocycles. The molecule has 19 heavy (non-hydrogen) atoms. The topological polar surface area (TPSA) is 103 Å². The molecule has 6 nitrogen and oxygen atoms in total. The number of hydrogen-bond acceptors (Lipinski definition) is 7. The summed E-state index contributed by atoms with van der Waals surface area (Å²) < 4.78 is 8.38. The number of hydrogen-bond donors (Lipinski definition) is 3. The van der Waals surface area contributed by atoms with E-state index in [0.717, 1.165) is 17.2 Å². The number of nitrogens with zero attached hydrogens (tertiary/aromatic N) is 3. The number of halogens is 1. The Morgan fingerprint density at radius 2 is 1.95 bits per heavy atom. The van der Waals surface area contributed by atoms with Crippen molar-refractivity contribution in [2.75, 3.05) is 16.8 Å². The predicted molar refractivity (Wildman–Crippen MR) is 78.8 cm³/mol. The molecule has 0 bridgehead atoms. The van der Waals surface area contributed by atoms with Gasteiger partial charge in [0.05, 0.1) is 28.1 Å². The highest BCUT2D eigenvalue weighted by atomic mass is 35.5. The van der Waals surface area contributed by atoms with E-state index in [9.17, 15) is 0 Å². The molecule has 0 spiro atoms. The van der Waals surface area contributed by atoms with Crippen LogP contribution in [0.5, 0.6) is 0 Å². The summed E-state index contributed by atoms with van der Waals surface area (Å²) in [5, 5.41) is 3.63. The smallest absolute Gasteiger partial charge is 0.149 e. The second-order valence-electron chi connectivity index (χ2n) is 3.85. The number of pyridine rings is 1. The zero-order valence-electron chi connectivity index (χ0n) is 9.59. The number of benzene rings is 1. The molecule has 1 aromatic carbocycles. The highest BCUT2D eigenvalue weighted by Crippen LogP contribution is 2.32. The minimum Gasteiger partial charge on any atom is -0.396 e. The molecule has 96 valence electrons. The maximum atomic E-state index is 6.17. The Balaban J connectivity index is 2.07. The largest absolute Gasteiger partial charge is 0.396 e. The minimum absolute atomic E-state index is 0.268. The Hall–Kier alpha value is -2.12. The van der Waals surface area contributed by atoms with Gasteiger partial charge in [-0.05, 0) is 24.3 Å². The summed E-state index contributed by atoms with van der Waals surface area (Å²) in [6.07, 6.45) is 0. The molecular weight excluding hydrogens is 284 g/mol. The zero-order valence-corrected chi connectivity index (χ0v) is 11.2. The molecule has 0 atom stereocenters. The maximum Gasteiger partial charge on any atom is 0.149 e. The van der Waals surface area contributed by atoms with Crippen LogP contribution in [0.25, 0.3) is 11.0 Å². The first kappa shape index (κ1) is 11.9. The Kier molecular flexibility index (Phi) is 2.84. The van der Waals surface area contributed by atoms with Gasteiger partial charge in [-0.15, -0.1) is 0 Å². The third-order valence-corrected chi connectivity index (χ3v) is 3.45. The van der Waals surface area contributed by atoms with Crippen LogP contribution >= 0.6 is 23.3 Å². The lowest BCUT2D eigenvalue weighted by atomic mass is 10.2. The fraction of sp³-hybridized carbons (Fsp3) is 0. The summed E-state index contributed by atoms with van der Waals surface area (Å²) >= 11 is 7.30. The molecule has 0 radical (unpaired) electrons. The van der Waals surface area contributed by atoms with Gasteiger partial charge in [0.15, 0.2) is 0 Å². The van der Waals surface area contributed by atoms with E-state index in [0.29, 0.717) is 27.7 Å². The van der Waals surface area contributed by atoms with Crippen molar-refractivity contribution < 1.29 is 0 Å². The normalized spacial score (nSPS) is 10.8. The predicted octanol–water partition coefficient (Wildman–Crippen LogP) is 2.65. The van der Waals surface area contributed by atoms with Gasteiger partial charge in [-0.3, -0.25) is 0 Å². The highest BCUT2D eigenvalue weighted by Gasteiger charge is 2.11. The van der Waals surface area contributed by atoms with Crippen molar-refractivity contribution in [3.05, 3.63) is 29.3 Å². The maximum absolute atomic E-state index is 6.17. The lowest BCUT2D eigenvalue weighted by molar-refractivity contribution is 1.32. The van der Waals surface area contributed by atoms with Gasteiger partial charge in [0, 0.05) is 0 Å². The van der Waals surface area contributed by atoms with Crippen molar-refractivity contribution in [1.29, 1.82) is 0 Å². The number of aromatic nitrogens is 3. The van der Waals surface area contributed by atoms with Crippen molar-refractivity contribution in [1.82, 2.24) is 13.7 Å². The van der Waals surface area contributed by atoms with Crippen molar-refractivity contribution in [3.63, 3.8) is 0 Å². The van der Waals surface area contributed by atoms with Gasteiger partial charge in [0.25, 0.3) is 0 Å². The first-order valence-electron chi connectivity index (χ1n) is 5.35. The van der Waals surface area contributed by atoms with Crippen LogP contribution in [0, 0.1) is 0 Å². The molecule has 3 aromatic rings. The van der Waals surface area contributed by atoms with E-state index >= 15 is 0 Å². The van der Waals surface area contributed by atoms with Crippen molar-refractivity contribution in [3.8, 4) is 0 Å². The van der Waals surface area contributed by atoms with Crippen LogP contribution in [0.4, 0.5) is 23.0 Å². The molecule has 0 aliphatic rings. The highest BCUT2D eigenvalue weighted by molar-refractivity contribution is 7.00. The molecule has 0 saturated heterocycles. The second kappa shape index (κ2) is 4.52. The Bertz CT molecular complexity index is 756. The number of nitrogen functional groups attached to an aromatic ring is 2. The fourth-order valence-corrected chi connectivity index (χ4v) is 2.37. The molecule has 0 unspecified atom stereocenters. The molecule has 0 amide bonds. The first-order valence-corrected chi connectivity index (χ1v) is 6.46. The van der Waals surface area contributed by atoms with E-state index in [1.54, 1.807) is 18.2 Å². The molecule has 8 heteroatoms. The monoisotopic (exact) mass is 292 g/mol. The molecule has 2 heterocycles. The number of nitrogens with one attached hydrogen (secondary N) is 1. The number of fused-ring (bicyclic) bond motifs is 1.